The molecule has 1 saturated heterocycles. The molecule has 1 aromatic carbocycles. The number of aromatic nitrogens is 3. The standard InChI is InChI=1S/C24H27FIN3O4S/c1-24(2,3)23-27-19-12-17(4-5-20(19)29(23)15-16-7-10-33-11-8-16)34(31,32)18-6-9-28(21(25)14-26)22(30)13-18/h4-6,9,12-14,16H,7-8,10-11,15H2,1-3H3/b21-14+. The molecule has 34 heavy (non-hydrogen) atoms. The molecule has 1 aliphatic rings. The zero-order valence-electron chi connectivity index (χ0n) is 19.3. The van der Waals surface area contributed by atoms with E-state index in [9.17, 15) is 17.6 Å². The van der Waals surface area contributed by atoms with Crippen molar-refractivity contribution in [3.8, 4) is 0 Å². The van der Waals surface area contributed by atoms with Gasteiger partial charge >= 0.3 is 0 Å². The summed E-state index contributed by atoms with van der Waals surface area (Å²) in [5, 5.41) is 0. The molecule has 0 bridgehead atoms. The molecule has 7 nitrogen and oxygen atoms in total. The Morgan fingerprint density at radius 1 is 1.21 bits per heavy atom. The monoisotopic (exact) mass is 599 g/mol. The lowest BCUT2D eigenvalue weighted by Gasteiger charge is -2.26. The van der Waals surface area contributed by atoms with Gasteiger partial charge in [0, 0.05) is 41.5 Å². The number of halogens is 2. The van der Waals surface area contributed by atoms with Crippen molar-refractivity contribution in [2.24, 2.45) is 5.92 Å². The first kappa shape index (κ1) is 25.1. The summed E-state index contributed by atoms with van der Waals surface area (Å²) in [6, 6.07) is 7.04. The molecule has 0 spiro atoms. The summed E-state index contributed by atoms with van der Waals surface area (Å²) < 4.78 is 49.9. The molecule has 1 aliphatic heterocycles. The molecule has 0 N–H and O–H groups in total. The fourth-order valence-electron chi connectivity index (χ4n) is 4.21. The van der Waals surface area contributed by atoms with E-state index in [1.807, 2.05) is 0 Å². The summed E-state index contributed by atoms with van der Waals surface area (Å²) in [5.41, 5.74) is 0.470. The lowest BCUT2D eigenvalue weighted by molar-refractivity contribution is 0.0611. The van der Waals surface area contributed by atoms with Crippen LogP contribution in [-0.2, 0) is 26.5 Å². The highest BCUT2D eigenvalue weighted by molar-refractivity contribution is 14.1. The van der Waals surface area contributed by atoms with Crippen LogP contribution in [0.5, 0.6) is 0 Å². The average molecular weight is 599 g/mol. The van der Waals surface area contributed by atoms with Crippen LogP contribution in [0, 0.1) is 5.92 Å². The highest BCUT2D eigenvalue weighted by atomic mass is 127. The van der Waals surface area contributed by atoms with Crippen LogP contribution in [0.2, 0.25) is 0 Å². The van der Waals surface area contributed by atoms with Crippen molar-refractivity contribution < 1.29 is 17.5 Å². The Morgan fingerprint density at radius 3 is 2.50 bits per heavy atom. The van der Waals surface area contributed by atoms with E-state index in [0.717, 1.165) is 64.9 Å². The molecule has 0 saturated carbocycles. The number of hydrogen-bond acceptors (Lipinski definition) is 5. The zero-order chi connectivity index (χ0) is 24.7. The van der Waals surface area contributed by atoms with Crippen LogP contribution < -0.4 is 5.56 Å². The first-order chi connectivity index (χ1) is 16.0. The summed E-state index contributed by atoms with van der Waals surface area (Å²) >= 11 is 1.67. The Bertz CT molecular complexity index is 1410. The highest BCUT2D eigenvalue weighted by Crippen LogP contribution is 2.31. The number of sulfone groups is 1. The van der Waals surface area contributed by atoms with E-state index in [0.29, 0.717) is 11.4 Å². The molecular weight excluding hydrogens is 572 g/mol. The van der Waals surface area contributed by atoms with Gasteiger partial charge in [0.15, 0.2) is 0 Å². The molecule has 0 unspecified atom stereocenters. The molecule has 4 rings (SSSR count). The second-order valence-corrected chi connectivity index (χ2v) is 12.1. The smallest absolute Gasteiger partial charge is 0.258 e. The first-order valence-corrected chi connectivity index (χ1v) is 13.8. The predicted octanol–water partition coefficient (Wildman–Crippen LogP) is 4.92. The van der Waals surface area contributed by atoms with E-state index in [4.69, 9.17) is 9.72 Å². The van der Waals surface area contributed by atoms with Gasteiger partial charge in [-0.2, -0.15) is 4.39 Å². The van der Waals surface area contributed by atoms with E-state index < -0.39 is 21.3 Å². The lowest BCUT2D eigenvalue weighted by Crippen LogP contribution is -2.25. The van der Waals surface area contributed by atoms with Gasteiger partial charge in [-0.1, -0.05) is 20.8 Å². The molecule has 10 heteroatoms. The van der Waals surface area contributed by atoms with Crippen LogP contribution in [0.3, 0.4) is 0 Å². The average Bonchev–Trinajstić information content (AvgIpc) is 3.17. The number of nitrogens with zero attached hydrogens (tertiary/aromatic N) is 3. The van der Waals surface area contributed by atoms with Crippen LogP contribution >= 0.6 is 22.6 Å². The largest absolute Gasteiger partial charge is 0.381 e. The van der Waals surface area contributed by atoms with Gasteiger partial charge in [0.1, 0.15) is 5.82 Å². The molecule has 0 aliphatic carbocycles. The number of fused-ring (bicyclic) bond motifs is 1. The van der Waals surface area contributed by atoms with Crippen molar-refractivity contribution in [1.82, 2.24) is 14.1 Å². The van der Waals surface area contributed by atoms with Crippen LogP contribution in [0.4, 0.5) is 4.39 Å². The summed E-state index contributed by atoms with van der Waals surface area (Å²) in [4.78, 5) is 16.9. The Labute approximate surface area is 211 Å². The quantitative estimate of drug-likeness (QED) is 0.389. The number of imidazole rings is 1. The van der Waals surface area contributed by atoms with Gasteiger partial charge in [0.25, 0.3) is 5.56 Å². The molecule has 0 amide bonds. The summed E-state index contributed by atoms with van der Waals surface area (Å²) in [6.45, 7) is 8.56. The van der Waals surface area contributed by atoms with Crippen molar-refractivity contribution in [3.05, 3.63) is 56.8 Å². The Balaban J connectivity index is 1.77. The van der Waals surface area contributed by atoms with E-state index >= 15 is 0 Å². The maximum absolute atomic E-state index is 13.8. The van der Waals surface area contributed by atoms with Gasteiger partial charge in [0.2, 0.25) is 15.8 Å². The van der Waals surface area contributed by atoms with Crippen LogP contribution in [0.1, 0.15) is 39.4 Å². The zero-order valence-corrected chi connectivity index (χ0v) is 22.3. The molecular formula is C24H27FIN3O4S. The van der Waals surface area contributed by atoms with Gasteiger partial charge in [-0.3, -0.25) is 9.36 Å². The predicted molar refractivity (Wildman–Crippen MR) is 138 cm³/mol. The summed E-state index contributed by atoms with van der Waals surface area (Å²) in [7, 11) is -3.99. The van der Waals surface area contributed by atoms with Crippen LogP contribution in [0.25, 0.3) is 17.0 Å². The van der Waals surface area contributed by atoms with E-state index in [1.165, 1.54) is 6.07 Å². The fraction of sp³-hybridized carbons (Fsp3) is 0.417. The molecule has 182 valence electrons. The summed E-state index contributed by atoms with van der Waals surface area (Å²) in [5.74, 6) is 0.590. The molecule has 0 radical (unpaired) electrons. The molecule has 3 aromatic rings. The number of rotatable bonds is 5. The van der Waals surface area contributed by atoms with Gasteiger partial charge in [-0.25, -0.2) is 13.4 Å². The van der Waals surface area contributed by atoms with Gasteiger partial charge in [0.05, 0.1) is 20.8 Å². The number of ether oxygens (including phenoxy) is 1. The molecule has 1 fully saturated rings. The summed E-state index contributed by atoms with van der Waals surface area (Å²) in [6.07, 6.45) is 3.09. The maximum Gasteiger partial charge on any atom is 0.258 e. The second-order valence-electron chi connectivity index (χ2n) is 9.51. The molecule has 0 atom stereocenters. The number of hydrogen-bond donors (Lipinski definition) is 0. The Kier molecular flexibility index (Phi) is 7.03. The van der Waals surface area contributed by atoms with Gasteiger partial charge < -0.3 is 9.30 Å². The second kappa shape index (κ2) is 9.54. The van der Waals surface area contributed by atoms with E-state index in [2.05, 4.69) is 25.3 Å². The normalized spacial score (nSPS) is 16.3. The van der Waals surface area contributed by atoms with Gasteiger partial charge in [-0.15, -0.1) is 0 Å². The number of pyridine rings is 1. The minimum absolute atomic E-state index is 0.0400. The minimum Gasteiger partial charge on any atom is -0.381 e. The van der Waals surface area contributed by atoms with E-state index in [1.54, 1.807) is 40.8 Å². The third-order valence-corrected chi connectivity index (χ3v) is 8.27. The van der Waals surface area contributed by atoms with Gasteiger partial charge in [-0.05, 0) is 65.6 Å². The van der Waals surface area contributed by atoms with Crippen molar-refractivity contribution in [3.63, 3.8) is 0 Å². The lowest BCUT2D eigenvalue weighted by atomic mass is 9.94. The maximum atomic E-state index is 13.8. The molecule has 2 aromatic heterocycles. The van der Waals surface area contributed by atoms with Crippen molar-refractivity contribution in [2.75, 3.05) is 13.2 Å². The Morgan fingerprint density at radius 2 is 1.88 bits per heavy atom. The van der Waals surface area contributed by atoms with E-state index in [-0.39, 0.29) is 15.2 Å². The van der Waals surface area contributed by atoms with Crippen molar-refractivity contribution >= 4 is 49.4 Å². The van der Waals surface area contributed by atoms with Crippen molar-refractivity contribution in [1.29, 1.82) is 0 Å². The minimum atomic E-state index is -3.99. The van der Waals surface area contributed by atoms with Crippen LogP contribution in [0.15, 0.2) is 55.2 Å². The third-order valence-electron chi connectivity index (χ3n) is 6.00. The Hall–Kier alpha value is -2.05. The highest BCUT2D eigenvalue weighted by Gasteiger charge is 2.27. The van der Waals surface area contributed by atoms with Crippen molar-refractivity contribution in [2.45, 2.75) is 55.4 Å². The molecule has 3 heterocycles. The SMILES string of the molecule is CC(C)(C)c1nc2cc(S(=O)(=O)c3ccn(/C(F)=C/I)c(=O)c3)ccc2n1CC1CCOCC1. The van der Waals surface area contributed by atoms with Crippen LogP contribution in [-0.4, -0.2) is 35.7 Å². The third kappa shape index (κ3) is 4.85. The topological polar surface area (TPSA) is 83.2 Å². The fourth-order valence-corrected chi connectivity index (χ4v) is 5.80. The first-order valence-electron chi connectivity index (χ1n) is 11.0. The number of benzene rings is 1.